The first kappa shape index (κ1) is 41.2. The van der Waals surface area contributed by atoms with E-state index in [0.29, 0.717) is 34.9 Å². The number of Topliss-reactive ketones (excluding diaryl/α,β-unsaturated/α-hetero) is 1. The molecule has 62 heavy (non-hydrogen) atoms. The van der Waals surface area contributed by atoms with Gasteiger partial charge in [0.05, 0.1) is 29.7 Å². The van der Waals surface area contributed by atoms with Crippen molar-refractivity contribution in [3.05, 3.63) is 131 Å². The average Bonchev–Trinajstić information content (AvgIpc) is 3.30. The van der Waals surface area contributed by atoms with Crippen LogP contribution in [0.15, 0.2) is 120 Å². The fourth-order valence-corrected chi connectivity index (χ4v) is 9.19. The fraction of sp³-hybridized carbons (Fsp3) is 0.308. The minimum absolute atomic E-state index is 0.0166. The van der Waals surface area contributed by atoms with Crippen LogP contribution in [0.5, 0.6) is 11.5 Å². The molecule has 0 bridgehead atoms. The van der Waals surface area contributed by atoms with Gasteiger partial charge in [-0.1, -0.05) is 151 Å². The van der Waals surface area contributed by atoms with Crippen LogP contribution in [0.3, 0.4) is 0 Å². The Morgan fingerprint density at radius 1 is 0.565 bits per heavy atom. The molecule has 314 valence electrons. The maximum absolute atomic E-state index is 14.5. The van der Waals surface area contributed by atoms with Gasteiger partial charge in [0, 0.05) is 38.6 Å². The van der Waals surface area contributed by atoms with Crippen LogP contribution in [0.4, 0.5) is 17.1 Å². The molecule has 9 rings (SSSR count). The lowest BCUT2D eigenvalue weighted by molar-refractivity contribution is -0.109. The number of rotatable bonds is 19. The second kappa shape index (κ2) is 18.9. The zero-order chi connectivity index (χ0) is 42.4. The van der Waals surface area contributed by atoms with Crippen molar-refractivity contribution in [3.63, 3.8) is 0 Å². The van der Waals surface area contributed by atoms with Gasteiger partial charge in [-0.15, -0.1) is 0 Å². The number of unbranched alkanes of at least 4 members (excludes halogenated alkanes) is 10. The summed E-state index contributed by atoms with van der Waals surface area (Å²) in [5.41, 5.74) is 6.00. The summed E-state index contributed by atoms with van der Waals surface area (Å²) in [7, 11) is 0. The molecule has 0 fully saturated rings. The summed E-state index contributed by atoms with van der Waals surface area (Å²) in [4.78, 5) is 19.8. The Kier molecular flexibility index (Phi) is 12.5. The van der Waals surface area contributed by atoms with Crippen LogP contribution in [0, 0.1) is 0 Å². The zero-order valence-electron chi connectivity index (χ0n) is 36.1. The Bertz CT molecular complexity index is 2750. The number of hydrogen-bond acceptors (Lipinski definition) is 8. The van der Waals surface area contributed by atoms with Crippen molar-refractivity contribution in [2.75, 3.05) is 28.9 Å². The summed E-state index contributed by atoms with van der Waals surface area (Å²) in [6, 6.07) is 36.5. The summed E-state index contributed by atoms with van der Waals surface area (Å²) < 4.78 is 12.2. The third-order valence-electron chi connectivity index (χ3n) is 12.6. The van der Waals surface area contributed by atoms with Gasteiger partial charge in [0.15, 0.2) is 0 Å². The van der Waals surface area contributed by atoms with Crippen LogP contribution in [-0.2, 0) is 4.79 Å². The Labute approximate surface area is 365 Å². The molecule has 0 spiro atoms. The average molecular weight is 823 g/mol. The molecule has 6 aromatic carbocycles. The SMILES string of the molecule is CCCCCCCCOc1ccc(B2N=c3/c(=C4/C(=O)C(c5ccc6cccc7c6c5NB(c5ccc(OCCCCCCCC)cc5)N7)=C4O)ccc4cccc(c34)N2)cc1. The van der Waals surface area contributed by atoms with Crippen LogP contribution in [0.2, 0.25) is 0 Å². The number of aliphatic hydroxyl groups is 1. The highest BCUT2D eigenvalue weighted by molar-refractivity contribution is 6.80. The number of nitrogens with one attached hydrogen (secondary N) is 3. The Balaban J connectivity index is 0.993. The van der Waals surface area contributed by atoms with Crippen LogP contribution in [0.1, 0.15) is 96.5 Å². The number of hydrogen-bond donors (Lipinski definition) is 4. The highest BCUT2D eigenvalue weighted by Crippen LogP contribution is 2.45. The number of allylic oxidation sites excluding steroid dienone is 2. The molecule has 0 saturated heterocycles. The van der Waals surface area contributed by atoms with Crippen molar-refractivity contribution < 1.29 is 19.4 Å². The van der Waals surface area contributed by atoms with Gasteiger partial charge in [-0.3, -0.25) is 4.79 Å². The van der Waals surface area contributed by atoms with Crippen molar-refractivity contribution >= 4 is 80.4 Å². The van der Waals surface area contributed by atoms with E-state index in [9.17, 15) is 9.90 Å². The summed E-state index contributed by atoms with van der Waals surface area (Å²) in [6.45, 7) is 5.25. The first-order chi connectivity index (χ1) is 30.5. The Morgan fingerprint density at radius 2 is 1.13 bits per heavy atom. The zero-order valence-corrected chi connectivity index (χ0v) is 36.1. The highest BCUT2D eigenvalue weighted by Gasteiger charge is 2.39. The summed E-state index contributed by atoms with van der Waals surface area (Å²) in [5, 5.41) is 28.3. The topological polar surface area (TPSA) is 104 Å². The quantitative estimate of drug-likeness (QED) is 0.0477. The molecule has 2 heterocycles. The van der Waals surface area contributed by atoms with Gasteiger partial charge in [0.1, 0.15) is 17.3 Å². The van der Waals surface area contributed by atoms with Crippen molar-refractivity contribution in [1.82, 2.24) is 0 Å². The largest absolute Gasteiger partial charge is 0.506 e. The van der Waals surface area contributed by atoms with Gasteiger partial charge in [-0.05, 0) is 70.9 Å². The van der Waals surface area contributed by atoms with E-state index in [4.69, 9.17) is 14.4 Å². The molecule has 8 nitrogen and oxygen atoms in total. The third-order valence-corrected chi connectivity index (χ3v) is 12.6. The van der Waals surface area contributed by atoms with Gasteiger partial charge in [-0.2, -0.15) is 0 Å². The van der Waals surface area contributed by atoms with E-state index < -0.39 is 0 Å². The van der Waals surface area contributed by atoms with Crippen LogP contribution < -0.4 is 46.7 Å². The number of carbonyl (C=O) groups excluding carboxylic acids is 1. The van der Waals surface area contributed by atoms with Gasteiger partial charge < -0.3 is 35.2 Å². The van der Waals surface area contributed by atoms with E-state index in [2.05, 4.69) is 72.0 Å². The normalized spacial score (nSPS) is 14.9. The number of ketones is 1. The van der Waals surface area contributed by atoms with E-state index in [-0.39, 0.29) is 31.1 Å². The minimum Gasteiger partial charge on any atom is -0.506 e. The molecule has 4 N–H and O–H groups in total. The standard InChI is InChI=1S/C52H56B2N4O4/c1-3-5-7-9-11-13-33-61-39-27-23-37(24-28-39)53-55-43-19-15-17-35-21-31-41(49(57-53)45(35)43)47-51(59)48(52(47)60)42-32-22-36-18-16-20-44-46(36)50(42)58-54(56-44)38-25-29-40(30-26-38)62-34-14-12-10-8-6-4-2/h15-32,55-57,59H,3-14,33-34H2,1-2H3/b48-42+. The van der Waals surface area contributed by atoms with E-state index in [1.807, 2.05) is 66.7 Å². The molecule has 0 unspecified atom stereocenters. The molecular formula is C52H56B2N4O4. The van der Waals surface area contributed by atoms with Gasteiger partial charge >= 0.3 is 14.0 Å². The molecule has 0 amide bonds. The molecule has 0 aromatic heterocycles. The maximum Gasteiger partial charge on any atom is 0.427 e. The minimum atomic E-state index is -0.388. The number of aliphatic hydroxyl groups excluding tert-OH is 1. The maximum atomic E-state index is 14.5. The van der Waals surface area contributed by atoms with Crippen molar-refractivity contribution in [2.45, 2.75) is 90.9 Å². The lowest BCUT2D eigenvalue weighted by atomic mass is 9.65. The monoisotopic (exact) mass is 822 g/mol. The number of nitrogens with zero attached hydrogens (tertiary/aromatic N) is 1. The highest BCUT2D eigenvalue weighted by atomic mass is 16.5. The lowest BCUT2D eigenvalue weighted by Crippen LogP contribution is -2.48. The smallest absolute Gasteiger partial charge is 0.427 e. The second-order valence-electron chi connectivity index (χ2n) is 17.0. The molecule has 0 atom stereocenters. The number of ether oxygens (including phenoxy) is 2. The third kappa shape index (κ3) is 8.40. The number of carbonyl (C=O) groups is 1. The molecule has 0 radical (unpaired) electrons. The molecule has 3 aliphatic rings. The molecule has 0 saturated carbocycles. The molecular weight excluding hydrogens is 766 g/mol. The number of benzene rings is 6. The van der Waals surface area contributed by atoms with Crippen molar-refractivity contribution in [3.8, 4) is 11.5 Å². The number of anilines is 3. The predicted octanol–water partition coefficient (Wildman–Crippen LogP) is 9.85. The van der Waals surface area contributed by atoms with Crippen LogP contribution in [0.25, 0.3) is 32.7 Å². The van der Waals surface area contributed by atoms with Crippen LogP contribution >= 0.6 is 0 Å². The first-order valence-electron chi connectivity index (χ1n) is 23.0. The summed E-state index contributed by atoms with van der Waals surface area (Å²) >= 11 is 0. The van der Waals surface area contributed by atoms with E-state index in [1.54, 1.807) is 0 Å². The van der Waals surface area contributed by atoms with Gasteiger partial charge in [-0.25, -0.2) is 0 Å². The van der Waals surface area contributed by atoms with Crippen molar-refractivity contribution in [1.29, 1.82) is 0 Å². The molecule has 10 heteroatoms. The van der Waals surface area contributed by atoms with Crippen LogP contribution in [-0.4, -0.2) is 38.1 Å². The molecule has 6 aromatic rings. The van der Waals surface area contributed by atoms with E-state index in [1.165, 1.54) is 64.2 Å². The summed E-state index contributed by atoms with van der Waals surface area (Å²) in [5.74, 6) is 1.48. The van der Waals surface area contributed by atoms with Gasteiger partial charge in [0.2, 0.25) is 5.78 Å². The first-order valence-corrected chi connectivity index (χ1v) is 23.0. The predicted molar refractivity (Wildman–Crippen MR) is 259 cm³/mol. The van der Waals surface area contributed by atoms with E-state index in [0.717, 1.165) is 73.9 Å². The molecule has 1 aliphatic carbocycles. The Hall–Kier alpha value is -6.15. The summed E-state index contributed by atoms with van der Waals surface area (Å²) in [6.07, 6.45) is 14.7. The lowest BCUT2D eigenvalue weighted by Gasteiger charge is -2.31. The second-order valence-corrected chi connectivity index (χ2v) is 17.0. The molecule has 2 aliphatic heterocycles. The van der Waals surface area contributed by atoms with Crippen molar-refractivity contribution in [2.24, 2.45) is 4.90 Å². The Morgan fingerprint density at radius 3 is 1.76 bits per heavy atom. The fourth-order valence-electron chi connectivity index (χ4n) is 9.19. The van der Waals surface area contributed by atoms with Gasteiger partial charge in [0.25, 0.3) is 0 Å². The van der Waals surface area contributed by atoms with E-state index >= 15 is 0 Å².